The van der Waals surface area contributed by atoms with Crippen molar-refractivity contribution in [3.63, 3.8) is 0 Å². The molecule has 0 aliphatic heterocycles. The van der Waals surface area contributed by atoms with Crippen LogP contribution < -0.4 is 10.6 Å². The fourth-order valence-electron chi connectivity index (χ4n) is 1.57. The highest BCUT2D eigenvalue weighted by Crippen LogP contribution is 2.14. The lowest BCUT2D eigenvalue weighted by Crippen LogP contribution is -2.48. The highest BCUT2D eigenvalue weighted by molar-refractivity contribution is 7.98. The number of rotatable bonds is 5. The minimum absolute atomic E-state index is 0.0118. The van der Waals surface area contributed by atoms with Gasteiger partial charge in [0.05, 0.1) is 0 Å². The van der Waals surface area contributed by atoms with E-state index in [-0.39, 0.29) is 11.4 Å². The molecule has 0 unspecified atom stereocenters. The topological polar surface area (TPSA) is 36.4 Å². The summed E-state index contributed by atoms with van der Waals surface area (Å²) in [6, 6.07) is 6.92. The Kier molecular flexibility index (Phi) is 6.85. The summed E-state index contributed by atoms with van der Waals surface area (Å²) in [6.07, 6.45) is 0. The molecule has 0 saturated heterocycles. The van der Waals surface area contributed by atoms with Crippen LogP contribution in [0.25, 0.3) is 0 Å². The minimum Gasteiger partial charge on any atom is -0.356 e. The molecule has 0 spiro atoms. The largest absolute Gasteiger partial charge is 0.356 e. The minimum atomic E-state index is -0.127. The molecule has 112 valence electrons. The fraction of sp³-hybridized carbons (Fsp3) is 0.533. The third kappa shape index (κ3) is 6.80. The zero-order valence-electron chi connectivity index (χ0n) is 12.7. The Morgan fingerprint density at radius 2 is 2.00 bits per heavy atom. The molecular weight excluding hydrogens is 273 g/mol. The van der Waals surface area contributed by atoms with Gasteiger partial charge in [-0.1, -0.05) is 18.2 Å². The summed E-state index contributed by atoms with van der Waals surface area (Å²) in [4.78, 5) is 4.17. The molecule has 0 bridgehead atoms. The number of benzene rings is 1. The Hall–Kier alpha value is -1.23. The SMILES string of the molecule is CN=C(NCCSCc1ccccc1F)NC(C)(C)C. The predicted molar refractivity (Wildman–Crippen MR) is 86.8 cm³/mol. The van der Waals surface area contributed by atoms with Gasteiger partial charge < -0.3 is 10.6 Å². The maximum absolute atomic E-state index is 13.4. The smallest absolute Gasteiger partial charge is 0.191 e. The van der Waals surface area contributed by atoms with Crippen molar-refractivity contribution >= 4 is 17.7 Å². The first-order chi connectivity index (χ1) is 9.42. The van der Waals surface area contributed by atoms with Gasteiger partial charge >= 0.3 is 0 Å². The van der Waals surface area contributed by atoms with Crippen molar-refractivity contribution in [2.75, 3.05) is 19.3 Å². The molecule has 0 fully saturated rings. The molecule has 2 N–H and O–H groups in total. The van der Waals surface area contributed by atoms with Gasteiger partial charge in [0.2, 0.25) is 0 Å². The summed E-state index contributed by atoms with van der Waals surface area (Å²) in [7, 11) is 1.76. The maximum Gasteiger partial charge on any atom is 0.191 e. The van der Waals surface area contributed by atoms with Crippen molar-refractivity contribution in [2.45, 2.75) is 32.1 Å². The summed E-state index contributed by atoms with van der Waals surface area (Å²) in [5.41, 5.74) is 0.747. The Bertz CT molecular complexity index is 441. The molecule has 0 aliphatic carbocycles. The maximum atomic E-state index is 13.4. The van der Waals surface area contributed by atoms with E-state index in [0.29, 0.717) is 5.75 Å². The molecule has 0 heterocycles. The first-order valence-electron chi connectivity index (χ1n) is 6.72. The van der Waals surface area contributed by atoms with Gasteiger partial charge in [0.25, 0.3) is 0 Å². The van der Waals surface area contributed by atoms with E-state index in [4.69, 9.17) is 0 Å². The number of guanidine groups is 1. The highest BCUT2D eigenvalue weighted by Gasteiger charge is 2.11. The van der Waals surface area contributed by atoms with Gasteiger partial charge in [0.15, 0.2) is 5.96 Å². The molecule has 1 aromatic carbocycles. The van der Waals surface area contributed by atoms with E-state index in [0.717, 1.165) is 23.8 Å². The number of hydrogen-bond donors (Lipinski definition) is 2. The van der Waals surface area contributed by atoms with Crippen molar-refractivity contribution in [2.24, 2.45) is 4.99 Å². The van der Waals surface area contributed by atoms with Crippen LogP contribution >= 0.6 is 11.8 Å². The van der Waals surface area contributed by atoms with Gasteiger partial charge in [-0.15, -0.1) is 0 Å². The van der Waals surface area contributed by atoms with Crippen molar-refractivity contribution < 1.29 is 4.39 Å². The lowest BCUT2D eigenvalue weighted by Gasteiger charge is -2.23. The number of nitrogens with one attached hydrogen (secondary N) is 2. The molecule has 0 radical (unpaired) electrons. The highest BCUT2D eigenvalue weighted by atomic mass is 32.2. The van der Waals surface area contributed by atoms with Crippen LogP contribution in [-0.2, 0) is 5.75 Å². The quantitative estimate of drug-likeness (QED) is 0.498. The van der Waals surface area contributed by atoms with Crippen molar-refractivity contribution in [3.05, 3.63) is 35.6 Å². The van der Waals surface area contributed by atoms with Gasteiger partial charge in [-0.05, 0) is 32.4 Å². The number of nitrogens with zero attached hydrogens (tertiary/aromatic N) is 1. The zero-order valence-corrected chi connectivity index (χ0v) is 13.5. The van der Waals surface area contributed by atoms with Crippen LogP contribution in [0.5, 0.6) is 0 Å². The number of halogens is 1. The van der Waals surface area contributed by atoms with Crippen LogP contribution in [0.4, 0.5) is 4.39 Å². The van der Waals surface area contributed by atoms with Crippen LogP contribution in [0.15, 0.2) is 29.3 Å². The third-order valence-electron chi connectivity index (χ3n) is 2.47. The van der Waals surface area contributed by atoms with Gasteiger partial charge in [-0.3, -0.25) is 4.99 Å². The summed E-state index contributed by atoms with van der Waals surface area (Å²) in [5, 5.41) is 6.54. The van der Waals surface area contributed by atoms with Crippen molar-refractivity contribution in [1.82, 2.24) is 10.6 Å². The molecule has 0 aliphatic rings. The first kappa shape index (κ1) is 16.8. The van der Waals surface area contributed by atoms with E-state index >= 15 is 0 Å². The first-order valence-corrected chi connectivity index (χ1v) is 7.88. The molecule has 5 heteroatoms. The van der Waals surface area contributed by atoms with Crippen LogP contribution in [-0.4, -0.2) is 30.8 Å². The Morgan fingerprint density at radius 1 is 1.30 bits per heavy atom. The molecule has 20 heavy (non-hydrogen) atoms. The lowest BCUT2D eigenvalue weighted by atomic mass is 10.1. The molecule has 1 rings (SSSR count). The number of thioether (sulfide) groups is 1. The molecule has 0 aromatic heterocycles. The monoisotopic (exact) mass is 297 g/mol. The van der Waals surface area contributed by atoms with Crippen molar-refractivity contribution in [3.8, 4) is 0 Å². The van der Waals surface area contributed by atoms with E-state index < -0.39 is 0 Å². The van der Waals surface area contributed by atoms with Gasteiger partial charge in [-0.25, -0.2) is 4.39 Å². The Labute approximate surface area is 125 Å². The summed E-state index contributed by atoms with van der Waals surface area (Å²) in [5.74, 6) is 2.26. The second kappa shape index (κ2) is 8.15. The second-order valence-corrected chi connectivity index (χ2v) is 6.62. The van der Waals surface area contributed by atoms with Crippen LogP contribution in [0.3, 0.4) is 0 Å². The zero-order chi connectivity index (χ0) is 15.0. The summed E-state index contributed by atoms with van der Waals surface area (Å²) in [6.45, 7) is 7.07. The van der Waals surface area contributed by atoms with E-state index in [1.165, 1.54) is 6.07 Å². The third-order valence-corrected chi connectivity index (χ3v) is 3.48. The Morgan fingerprint density at radius 3 is 2.60 bits per heavy atom. The van der Waals surface area contributed by atoms with E-state index in [1.807, 2.05) is 12.1 Å². The van der Waals surface area contributed by atoms with Crippen molar-refractivity contribution in [1.29, 1.82) is 0 Å². The molecule has 1 aromatic rings. The normalized spacial score (nSPS) is 12.3. The van der Waals surface area contributed by atoms with Gasteiger partial charge in [0, 0.05) is 30.6 Å². The average Bonchev–Trinajstić information content (AvgIpc) is 2.37. The molecular formula is C15H24FN3S. The van der Waals surface area contributed by atoms with Gasteiger partial charge in [0.1, 0.15) is 5.82 Å². The number of aliphatic imine (C=N–C) groups is 1. The fourth-order valence-corrected chi connectivity index (χ4v) is 2.42. The summed E-state index contributed by atoms with van der Waals surface area (Å²) >= 11 is 1.71. The molecule has 3 nitrogen and oxygen atoms in total. The second-order valence-electron chi connectivity index (χ2n) is 5.52. The average molecular weight is 297 g/mol. The predicted octanol–water partition coefficient (Wildman–Crippen LogP) is 3.02. The van der Waals surface area contributed by atoms with Crippen LogP contribution in [0.1, 0.15) is 26.3 Å². The van der Waals surface area contributed by atoms with E-state index in [9.17, 15) is 4.39 Å². The molecule has 0 saturated carbocycles. The number of hydrogen-bond acceptors (Lipinski definition) is 2. The van der Waals surface area contributed by atoms with Crippen LogP contribution in [0, 0.1) is 5.82 Å². The van der Waals surface area contributed by atoms with E-state index in [1.54, 1.807) is 24.9 Å². The lowest BCUT2D eigenvalue weighted by molar-refractivity contribution is 0.502. The molecule has 0 atom stereocenters. The Balaban J connectivity index is 2.23. The summed E-state index contributed by atoms with van der Waals surface area (Å²) < 4.78 is 13.4. The standard InChI is InChI=1S/C15H24FN3S/c1-15(2,3)19-14(17-4)18-9-10-20-11-12-7-5-6-8-13(12)16/h5-8H,9-11H2,1-4H3,(H2,17,18,19). The van der Waals surface area contributed by atoms with Crippen LogP contribution in [0.2, 0.25) is 0 Å². The van der Waals surface area contributed by atoms with E-state index in [2.05, 4.69) is 36.4 Å². The molecule has 0 amide bonds. The van der Waals surface area contributed by atoms with Gasteiger partial charge in [-0.2, -0.15) is 11.8 Å².